The van der Waals surface area contributed by atoms with E-state index in [1.54, 1.807) is 0 Å². The van der Waals surface area contributed by atoms with E-state index >= 15 is 0 Å². The summed E-state index contributed by atoms with van der Waals surface area (Å²) in [7, 11) is 0. The number of benzene rings is 2. The van der Waals surface area contributed by atoms with Gasteiger partial charge in [0.15, 0.2) is 11.9 Å². The molecule has 54 heavy (non-hydrogen) atoms. The fourth-order valence-corrected chi connectivity index (χ4v) is 6.28. The van der Waals surface area contributed by atoms with Crippen LogP contribution in [0.25, 0.3) is 11.1 Å². The zero-order valence-corrected chi connectivity index (χ0v) is 32.1. The number of hydrogen-bond acceptors (Lipinski definition) is 11. The second kappa shape index (κ2) is 22.6. The molecule has 2 aliphatic rings. The van der Waals surface area contributed by atoms with Crippen molar-refractivity contribution < 1.29 is 57.4 Å². The molecule has 1 aliphatic heterocycles. The Morgan fingerprint density at radius 3 is 2.00 bits per heavy atom. The highest BCUT2D eigenvalue weighted by Crippen LogP contribution is 2.44. The van der Waals surface area contributed by atoms with Gasteiger partial charge in [-0.3, -0.25) is 0 Å². The van der Waals surface area contributed by atoms with Gasteiger partial charge >= 0.3 is 18.2 Å². The molecule has 0 spiro atoms. The lowest BCUT2D eigenvalue weighted by Crippen LogP contribution is -2.41. The predicted octanol–water partition coefficient (Wildman–Crippen LogP) is 5.36. The molecule has 2 amide bonds. The lowest BCUT2D eigenvalue weighted by atomic mass is 9.98. The highest BCUT2D eigenvalue weighted by molar-refractivity contribution is 5.81. The molecule has 4 rings (SSSR count). The van der Waals surface area contributed by atoms with Crippen molar-refractivity contribution in [3.63, 3.8) is 0 Å². The van der Waals surface area contributed by atoms with Crippen LogP contribution in [0.15, 0.2) is 48.5 Å². The van der Waals surface area contributed by atoms with Crippen molar-refractivity contribution in [3.8, 4) is 11.1 Å². The van der Waals surface area contributed by atoms with E-state index in [-0.39, 0.29) is 50.5 Å². The van der Waals surface area contributed by atoms with Gasteiger partial charge in [-0.25, -0.2) is 14.4 Å². The molecule has 0 aromatic heterocycles. The third kappa shape index (κ3) is 14.1. The number of fused-ring (bicyclic) bond motifs is 3. The summed E-state index contributed by atoms with van der Waals surface area (Å²) in [5, 5.41) is 15.0. The van der Waals surface area contributed by atoms with E-state index in [0.29, 0.717) is 65.7 Å². The first kappa shape index (κ1) is 42.9. The summed E-state index contributed by atoms with van der Waals surface area (Å²) in [6, 6.07) is 14.8. The number of nitrogens with one attached hydrogen (secondary N) is 2. The zero-order valence-electron chi connectivity index (χ0n) is 32.1. The topological polar surface area (TPSA) is 169 Å². The Hall–Kier alpha value is -3.79. The number of carboxylic acid groups (broad SMARTS) is 1. The Balaban J connectivity index is 1.18. The van der Waals surface area contributed by atoms with E-state index in [4.69, 9.17) is 37.9 Å². The minimum atomic E-state index is -1.17. The molecule has 2 aromatic rings. The number of hydrogen-bond donors (Lipinski definition) is 3. The van der Waals surface area contributed by atoms with Crippen LogP contribution in [0.3, 0.4) is 0 Å². The minimum Gasteiger partial charge on any atom is -0.480 e. The van der Waals surface area contributed by atoms with Gasteiger partial charge in [0, 0.05) is 37.5 Å². The Labute approximate surface area is 318 Å². The van der Waals surface area contributed by atoms with Crippen LogP contribution in [0.1, 0.15) is 64.0 Å². The second-order valence-corrected chi connectivity index (χ2v) is 14.0. The van der Waals surface area contributed by atoms with E-state index < -0.39 is 36.1 Å². The van der Waals surface area contributed by atoms with Crippen LogP contribution in [0.2, 0.25) is 0 Å². The van der Waals surface area contributed by atoms with Gasteiger partial charge in [-0.15, -0.1) is 0 Å². The molecule has 300 valence electrons. The maximum Gasteiger partial charge on any atom is 0.407 e. The molecule has 2 aromatic carbocycles. The van der Waals surface area contributed by atoms with E-state index in [9.17, 15) is 19.5 Å². The van der Waals surface area contributed by atoms with Crippen molar-refractivity contribution in [2.75, 3.05) is 79.2 Å². The van der Waals surface area contributed by atoms with Crippen LogP contribution in [0.4, 0.5) is 9.59 Å². The van der Waals surface area contributed by atoms with Gasteiger partial charge in [-0.2, -0.15) is 0 Å². The van der Waals surface area contributed by atoms with Crippen molar-refractivity contribution in [2.24, 2.45) is 11.8 Å². The third-order valence-electron chi connectivity index (χ3n) is 9.16. The van der Waals surface area contributed by atoms with Crippen LogP contribution in [0, 0.1) is 11.8 Å². The molecule has 1 unspecified atom stereocenters. The molecule has 14 heteroatoms. The molecule has 1 aliphatic carbocycles. The number of rotatable bonds is 24. The number of carbonyl (C=O) groups is 3. The quantitative estimate of drug-likeness (QED) is 0.117. The minimum absolute atomic E-state index is 0.0217. The summed E-state index contributed by atoms with van der Waals surface area (Å²) in [4.78, 5) is 37.4. The van der Waals surface area contributed by atoms with E-state index in [2.05, 4.69) is 10.6 Å². The van der Waals surface area contributed by atoms with Crippen LogP contribution in [-0.4, -0.2) is 120 Å². The highest BCUT2D eigenvalue weighted by Gasteiger charge is 2.31. The normalized spacial score (nSPS) is 16.3. The molecule has 0 radical (unpaired) electrons. The van der Waals surface area contributed by atoms with Gasteiger partial charge in [0.2, 0.25) is 0 Å². The van der Waals surface area contributed by atoms with Crippen LogP contribution in [-0.2, 0) is 42.7 Å². The number of alkyl carbamates (subject to hydrolysis) is 2. The van der Waals surface area contributed by atoms with Gasteiger partial charge < -0.3 is 53.6 Å². The van der Waals surface area contributed by atoms with E-state index in [1.807, 2.05) is 76.2 Å². The summed E-state index contributed by atoms with van der Waals surface area (Å²) >= 11 is 0. The monoisotopic (exact) mass is 758 g/mol. The van der Waals surface area contributed by atoms with Gasteiger partial charge in [0.1, 0.15) is 12.6 Å². The average Bonchev–Trinajstić information content (AvgIpc) is 3.48. The first-order valence-corrected chi connectivity index (χ1v) is 19.0. The van der Waals surface area contributed by atoms with Crippen molar-refractivity contribution in [3.05, 3.63) is 59.7 Å². The predicted molar refractivity (Wildman–Crippen MR) is 199 cm³/mol. The number of carboxylic acids is 1. The summed E-state index contributed by atoms with van der Waals surface area (Å²) in [6.07, 6.45) is -1.11. The van der Waals surface area contributed by atoms with Crippen LogP contribution < -0.4 is 10.6 Å². The van der Waals surface area contributed by atoms with Crippen molar-refractivity contribution >= 4 is 18.2 Å². The number of unbranched alkanes of at least 4 members (excludes halogenated alkanes) is 1. The summed E-state index contributed by atoms with van der Waals surface area (Å²) in [5.41, 5.74) is 4.34. The Morgan fingerprint density at radius 1 is 0.796 bits per heavy atom. The van der Waals surface area contributed by atoms with Crippen LogP contribution >= 0.6 is 0 Å². The largest absolute Gasteiger partial charge is 0.480 e. The lowest BCUT2D eigenvalue weighted by Gasteiger charge is -2.34. The Kier molecular flexibility index (Phi) is 17.9. The van der Waals surface area contributed by atoms with Crippen LogP contribution in [0.5, 0.6) is 0 Å². The molecule has 1 saturated heterocycles. The summed E-state index contributed by atoms with van der Waals surface area (Å²) < 4.78 is 45.6. The van der Waals surface area contributed by atoms with Gasteiger partial charge in [0.25, 0.3) is 0 Å². The number of ether oxygens (including phenoxy) is 8. The Morgan fingerprint density at radius 2 is 1.39 bits per heavy atom. The average molecular weight is 759 g/mol. The first-order valence-electron chi connectivity index (χ1n) is 19.0. The molecule has 2 atom stereocenters. The second-order valence-electron chi connectivity index (χ2n) is 14.0. The lowest BCUT2D eigenvalue weighted by molar-refractivity contribution is -0.267. The zero-order chi connectivity index (χ0) is 38.8. The van der Waals surface area contributed by atoms with Gasteiger partial charge in [-0.05, 0) is 69.2 Å². The van der Waals surface area contributed by atoms with E-state index in [0.717, 1.165) is 22.3 Å². The fourth-order valence-electron chi connectivity index (χ4n) is 6.28. The maximum absolute atomic E-state index is 12.8. The first-order chi connectivity index (χ1) is 26.1. The summed E-state index contributed by atoms with van der Waals surface area (Å²) in [5.74, 6) is -1.86. The summed E-state index contributed by atoms with van der Waals surface area (Å²) in [6.45, 7) is 12.0. The molecule has 0 saturated carbocycles. The van der Waals surface area contributed by atoms with Crippen molar-refractivity contribution in [1.82, 2.24) is 10.6 Å². The maximum atomic E-state index is 12.8. The van der Waals surface area contributed by atoms with Crippen molar-refractivity contribution in [1.29, 1.82) is 0 Å². The highest BCUT2D eigenvalue weighted by atomic mass is 16.7. The Bertz CT molecular complexity index is 1390. The number of amides is 2. The molecule has 14 nitrogen and oxygen atoms in total. The molecule has 0 bridgehead atoms. The molecular weight excluding hydrogens is 700 g/mol. The fraction of sp³-hybridized carbons (Fsp3) is 0.625. The molecule has 1 fully saturated rings. The molecule has 3 N–H and O–H groups in total. The standard InChI is InChI=1S/C40H58N2O12/c1-5-47-19-28(20-48-6-2)21-49-25-30(26-50-22-29-23-52-40(3,4)53-24-29)54-38(45)41-18-12-11-17-36(37(43)44)42-39(46)51-27-35-33-15-9-7-13-31(33)32-14-8-10-16-34(32)35/h7-10,13-16,28-30,35-36H,5-6,11-12,17-27H2,1-4H3,(H,41,45)(H,42,46)(H,43,44)/t30?,36-/m0/s1. The molecule has 1 heterocycles. The van der Waals surface area contributed by atoms with Gasteiger partial charge in [-0.1, -0.05) is 48.5 Å². The molecular formula is C40H58N2O12. The third-order valence-corrected chi connectivity index (χ3v) is 9.16. The van der Waals surface area contributed by atoms with Gasteiger partial charge in [0.05, 0.1) is 52.9 Å². The smallest absolute Gasteiger partial charge is 0.407 e. The SMILES string of the molecule is CCOCC(COCC)COCC(COCC1COC(C)(C)OC1)OC(=O)NCCCC[C@H](NC(=O)OCC1c2ccccc2-c2ccccc21)C(=O)O. The number of aliphatic carboxylic acids is 1. The van der Waals surface area contributed by atoms with E-state index in [1.165, 1.54) is 0 Å². The van der Waals surface area contributed by atoms with Crippen molar-refractivity contribution in [2.45, 2.75) is 70.8 Å². The number of carbonyl (C=O) groups excluding carboxylic acids is 2.